The molecule has 1 aromatic heterocycles. The highest BCUT2D eigenvalue weighted by atomic mass is 32.1. The summed E-state index contributed by atoms with van der Waals surface area (Å²) in [5.41, 5.74) is 7.00. The van der Waals surface area contributed by atoms with Crippen LogP contribution >= 0.6 is 11.3 Å². The van der Waals surface area contributed by atoms with Crippen molar-refractivity contribution in [1.29, 1.82) is 0 Å². The third kappa shape index (κ3) is 3.07. The summed E-state index contributed by atoms with van der Waals surface area (Å²) in [6, 6.07) is 7.72. The Morgan fingerprint density at radius 3 is 2.72 bits per heavy atom. The van der Waals surface area contributed by atoms with Gasteiger partial charge < -0.3 is 10.5 Å². The van der Waals surface area contributed by atoms with Gasteiger partial charge in [-0.25, -0.2) is 4.98 Å². The van der Waals surface area contributed by atoms with Crippen LogP contribution < -0.4 is 10.5 Å². The highest BCUT2D eigenvalue weighted by molar-refractivity contribution is 7.10. The second-order valence-corrected chi connectivity index (χ2v) is 4.67. The van der Waals surface area contributed by atoms with E-state index in [1.165, 1.54) is 11.3 Å². The number of carbonyl (C=O) groups is 1. The molecule has 0 atom stereocenters. The summed E-state index contributed by atoms with van der Waals surface area (Å²) in [6.07, 6.45) is 0.196. The average molecular weight is 262 g/mol. The van der Waals surface area contributed by atoms with Gasteiger partial charge in [0.25, 0.3) is 0 Å². The highest BCUT2D eigenvalue weighted by Crippen LogP contribution is 2.24. The molecule has 0 saturated carbocycles. The zero-order valence-electron chi connectivity index (χ0n) is 10.1. The molecule has 0 aliphatic rings. The van der Waals surface area contributed by atoms with Crippen LogP contribution in [-0.2, 0) is 11.2 Å². The molecule has 0 unspecified atom stereocenters. The largest absolute Gasteiger partial charge is 0.494 e. The lowest BCUT2D eigenvalue weighted by molar-refractivity contribution is -0.117. The number of ether oxygens (including phenoxy) is 1. The molecule has 0 saturated heterocycles. The van der Waals surface area contributed by atoms with E-state index >= 15 is 0 Å². The minimum atomic E-state index is -0.359. The lowest BCUT2D eigenvalue weighted by atomic mass is 10.2. The number of hydrogen-bond acceptors (Lipinski definition) is 4. The molecule has 18 heavy (non-hydrogen) atoms. The van der Waals surface area contributed by atoms with E-state index in [1.807, 2.05) is 36.6 Å². The van der Waals surface area contributed by atoms with Crippen molar-refractivity contribution in [3.63, 3.8) is 0 Å². The summed E-state index contributed by atoms with van der Waals surface area (Å²) in [5, 5.41) is 2.67. The first-order valence-electron chi connectivity index (χ1n) is 5.65. The van der Waals surface area contributed by atoms with Crippen LogP contribution in [0.5, 0.6) is 5.75 Å². The number of nitrogens with zero attached hydrogens (tertiary/aromatic N) is 1. The molecule has 1 aromatic carbocycles. The van der Waals surface area contributed by atoms with Gasteiger partial charge in [-0.15, -0.1) is 11.3 Å². The summed E-state index contributed by atoms with van der Waals surface area (Å²) in [7, 11) is 0. The van der Waals surface area contributed by atoms with Gasteiger partial charge in [0.1, 0.15) is 10.8 Å². The molecular weight excluding hydrogens is 248 g/mol. The molecule has 2 N–H and O–H groups in total. The molecule has 1 heterocycles. The second kappa shape index (κ2) is 5.64. The molecule has 1 amide bonds. The Labute approximate surface area is 109 Å². The Bertz CT molecular complexity index is 534. The molecule has 0 bridgehead atoms. The van der Waals surface area contributed by atoms with E-state index < -0.39 is 0 Å². The number of thiazole rings is 1. The summed E-state index contributed by atoms with van der Waals surface area (Å²) in [4.78, 5) is 15.2. The van der Waals surface area contributed by atoms with Crippen LogP contribution in [0, 0.1) is 0 Å². The first kappa shape index (κ1) is 12.6. The van der Waals surface area contributed by atoms with Crippen molar-refractivity contribution in [3.05, 3.63) is 34.7 Å². The van der Waals surface area contributed by atoms with Crippen LogP contribution in [0.2, 0.25) is 0 Å². The molecule has 2 rings (SSSR count). The topological polar surface area (TPSA) is 65.2 Å². The van der Waals surface area contributed by atoms with Gasteiger partial charge in [0.2, 0.25) is 5.91 Å². The van der Waals surface area contributed by atoms with Gasteiger partial charge in [-0.2, -0.15) is 0 Å². The molecule has 0 aliphatic heterocycles. The van der Waals surface area contributed by atoms with Crippen LogP contribution in [0.25, 0.3) is 11.3 Å². The number of aromatic nitrogens is 1. The number of hydrogen-bond donors (Lipinski definition) is 1. The fourth-order valence-electron chi connectivity index (χ4n) is 1.56. The van der Waals surface area contributed by atoms with E-state index in [2.05, 4.69) is 4.98 Å². The van der Waals surface area contributed by atoms with Gasteiger partial charge in [0.05, 0.1) is 18.7 Å². The van der Waals surface area contributed by atoms with Gasteiger partial charge in [0.15, 0.2) is 0 Å². The van der Waals surface area contributed by atoms with Gasteiger partial charge in [-0.3, -0.25) is 4.79 Å². The Balaban J connectivity index is 2.15. The molecule has 2 aromatic rings. The number of rotatable bonds is 5. The Hall–Kier alpha value is -1.88. The van der Waals surface area contributed by atoms with E-state index in [9.17, 15) is 4.79 Å². The Morgan fingerprint density at radius 1 is 1.39 bits per heavy atom. The number of carbonyl (C=O) groups excluding carboxylic acids is 1. The molecule has 94 valence electrons. The van der Waals surface area contributed by atoms with Crippen LogP contribution in [0.1, 0.15) is 11.9 Å². The predicted molar refractivity (Wildman–Crippen MR) is 71.6 cm³/mol. The van der Waals surface area contributed by atoms with Gasteiger partial charge in [-0.1, -0.05) is 0 Å². The van der Waals surface area contributed by atoms with Crippen LogP contribution in [0.4, 0.5) is 0 Å². The summed E-state index contributed by atoms with van der Waals surface area (Å²) < 4.78 is 5.38. The molecule has 0 spiro atoms. The first-order chi connectivity index (χ1) is 8.69. The fraction of sp³-hybridized carbons (Fsp3) is 0.231. The number of benzene rings is 1. The minimum absolute atomic E-state index is 0.196. The van der Waals surface area contributed by atoms with E-state index in [4.69, 9.17) is 10.5 Å². The zero-order valence-corrected chi connectivity index (χ0v) is 10.9. The van der Waals surface area contributed by atoms with Gasteiger partial charge >= 0.3 is 0 Å². The summed E-state index contributed by atoms with van der Waals surface area (Å²) in [5.74, 6) is 0.483. The normalized spacial score (nSPS) is 10.3. The van der Waals surface area contributed by atoms with Crippen molar-refractivity contribution in [1.82, 2.24) is 4.98 Å². The quantitative estimate of drug-likeness (QED) is 0.898. The maximum absolute atomic E-state index is 10.8. The fourth-order valence-corrected chi connectivity index (χ4v) is 2.38. The predicted octanol–water partition coefficient (Wildman–Crippen LogP) is 2.24. The summed E-state index contributed by atoms with van der Waals surface area (Å²) >= 11 is 1.44. The zero-order chi connectivity index (χ0) is 13.0. The van der Waals surface area contributed by atoms with E-state index in [0.29, 0.717) is 6.61 Å². The SMILES string of the molecule is CCOc1ccc(-c2csc(CC(N)=O)n2)cc1. The maximum atomic E-state index is 10.8. The first-order valence-corrected chi connectivity index (χ1v) is 6.53. The minimum Gasteiger partial charge on any atom is -0.494 e. The molecule has 4 nitrogen and oxygen atoms in total. The van der Waals surface area contributed by atoms with Crippen LogP contribution in [0.3, 0.4) is 0 Å². The van der Waals surface area contributed by atoms with E-state index in [1.54, 1.807) is 0 Å². The van der Waals surface area contributed by atoms with E-state index in [0.717, 1.165) is 22.0 Å². The highest BCUT2D eigenvalue weighted by Gasteiger charge is 2.06. The second-order valence-electron chi connectivity index (χ2n) is 3.73. The average Bonchev–Trinajstić information content (AvgIpc) is 2.78. The Kier molecular flexibility index (Phi) is 3.94. The third-order valence-electron chi connectivity index (χ3n) is 2.34. The van der Waals surface area contributed by atoms with Crippen molar-refractivity contribution >= 4 is 17.2 Å². The van der Waals surface area contributed by atoms with Gasteiger partial charge in [-0.05, 0) is 31.2 Å². The summed E-state index contributed by atoms with van der Waals surface area (Å²) in [6.45, 7) is 2.60. The van der Waals surface area contributed by atoms with Crippen molar-refractivity contribution in [2.24, 2.45) is 5.73 Å². The van der Waals surface area contributed by atoms with E-state index in [-0.39, 0.29) is 12.3 Å². The van der Waals surface area contributed by atoms with Gasteiger partial charge in [0, 0.05) is 10.9 Å². The van der Waals surface area contributed by atoms with Crippen molar-refractivity contribution in [3.8, 4) is 17.0 Å². The lowest BCUT2D eigenvalue weighted by Crippen LogP contribution is -2.13. The molecule has 0 fully saturated rings. The lowest BCUT2D eigenvalue weighted by Gasteiger charge is -2.03. The van der Waals surface area contributed by atoms with Crippen molar-refractivity contribution < 1.29 is 9.53 Å². The number of nitrogens with two attached hydrogens (primary N) is 1. The molecule has 5 heteroatoms. The van der Waals surface area contributed by atoms with Crippen molar-refractivity contribution in [2.45, 2.75) is 13.3 Å². The van der Waals surface area contributed by atoms with Crippen molar-refractivity contribution in [2.75, 3.05) is 6.61 Å². The van der Waals surface area contributed by atoms with Crippen LogP contribution in [-0.4, -0.2) is 17.5 Å². The number of amides is 1. The monoisotopic (exact) mass is 262 g/mol. The molecular formula is C13H14N2O2S. The van der Waals surface area contributed by atoms with Crippen LogP contribution in [0.15, 0.2) is 29.6 Å². The molecule has 0 aliphatic carbocycles. The molecule has 0 radical (unpaired) electrons. The Morgan fingerprint density at radius 2 is 2.11 bits per heavy atom. The standard InChI is InChI=1S/C13H14N2O2S/c1-2-17-10-5-3-9(4-6-10)11-8-18-13(15-11)7-12(14)16/h3-6,8H,2,7H2,1H3,(H2,14,16). The number of primary amides is 1. The smallest absolute Gasteiger partial charge is 0.224 e. The third-order valence-corrected chi connectivity index (χ3v) is 3.19. The maximum Gasteiger partial charge on any atom is 0.224 e.